The number of amides is 1. The van der Waals surface area contributed by atoms with Crippen LogP contribution in [0.4, 0.5) is 5.82 Å². The molecule has 1 saturated heterocycles. The fourth-order valence-corrected chi connectivity index (χ4v) is 5.14. The van der Waals surface area contributed by atoms with Crippen molar-refractivity contribution in [3.8, 4) is 17.2 Å². The Morgan fingerprint density at radius 3 is 2.58 bits per heavy atom. The molecule has 1 aliphatic heterocycles. The summed E-state index contributed by atoms with van der Waals surface area (Å²) in [7, 11) is 3.69. The van der Waals surface area contributed by atoms with Gasteiger partial charge in [0.25, 0.3) is 5.91 Å². The van der Waals surface area contributed by atoms with Crippen LogP contribution in [-0.4, -0.2) is 45.5 Å². The molecule has 0 radical (unpaired) electrons. The number of hydrogen-bond acceptors (Lipinski definition) is 6. The average molecular weight is 480 g/mol. The normalized spacial score (nSPS) is 14.6. The van der Waals surface area contributed by atoms with Gasteiger partial charge in [0.1, 0.15) is 17.5 Å². The Bertz CT molecular complexity index is 1460. The maximum absolute atomic E-state index is 11.8. The number of nitrogen functional groups attached to an aromatic ring is 1. The first-order chi connectivity index (χ1) is 17.5. The van der Waals surface area contributed by atoms with Crippen molar-refractivity contribution in [2.24, 2.45) is 7.05 Å². The van der Waals surface area contributed by atoms with Crippen molar-refractivity contribution in [3.05, 3.63) is 77.2 Å². The number of nitrogens with two attached hydrogens (primary N) is 1. The number of hydrogen-bond donors (Lipinski definition) is 2. The van der Waals surface area contributed by atoms with Gasteiger partial charge in [0.05, 0.1) is 0 Å². The molecule has 3 aromatic heterocycles. The molecule has 0 aliphatic carbocycles. The van der Waals surface area contributed by atoms with Crippen LogP contribution >= 0.6 is 0 Å². The predicted molar refractivity (Wildman–Crippen MR) is 140 cm³/mol. The SMILES string of the molecule is CNC(=O)c1ccc(C2CCN(Cc3cc4c(-c5ccc(N)nc5C#N)ccnc4n3C)CC2)cc1. The Kier molecular flexibility index (Phi) is 6.40. The maximum atomic E-state index is 11.8. The number of piperidine rings is 1. The highest BCUT2D eigenvalue weighted by atomic mass is 16.1. The minimum Gasteiger partial charge on any atom is -0.384 e. The summed E-state index contributed by atoms with van der Waals surface area (Å²) in [6.07, 6.45) is 3.94. The summed E-state index contributed by atoms with van der Waals surface area (Å²) in [4.78, 5) is 23.1. The Labute approximate surface area is 210 Å². The van der Waals surface area contributed by atoms with Crippen molar-refractivity contribution in [3.63, 3.8) is 0 Å². The molecule has 3 N–H and O–H groups in total. The second kappa shape index (κ2) is 9.80. The van der Waals surface area contributed by atoms with Crippen molar-refractivity contribution >= 4 is 22.8 Å². The smallest absolute Gasteiger partial charge is 0.251 e. The lowest BCUT2D eigenvalue weighted by molar-refractivity contribution is 0.0963. The number of nitrogens with zero attached hydrogens (tertiary/aromatic N) is 5. The standard InChI is InChI=1S/C28H29N7O/c1-31-28(36)20-5-3-18(4-6-20)19-10-13-35(14-11-19)17-21-15-24-22(9-12-32-27(24)34(21)2)23-7-8-26(30)33-25(23)16-29/h3-9,12,15,19H,10-11,13-14,17H2,1-2H3,(H2,30,33)(H,31,36). The number of nitrogens with one attached hydrogen (secondary N) is 1. The Balaban J connectivity index is 1.33. The summed E-state index contributed by atoms with van der Waals surface area (Å²) < 4.78 is 2.14. The van der Waals surface area contributed by atoms with Crippen LogP contribution in [0.1, 0.15) is 46.1 Å². The molecule has 1 aromatic carbocycles. The highest BCUT2D eigenvalue weighted by Crippen LogP contribution is 2.33. The van der Waals surface area contributed by atoms with Crippen LogP contribution in [0.5, 0.6) is 0 Å². The van der Waals surface area contributed by atoms with Crippen molar-refractivity contribution in [2.75, 3.05) is 25.9 Å². The van der Waals surface area contributed by atoms with Crippen LogP contribution in [-0.2, 0) is 13.6 Å². The first kappa shape index (κ1) is 23.5. The molecule has 0 saturated carbocycles. The molecule has 1 amide bonds. The average Bonchev–Trinajstić information content (AvgIpc) is 3.23. The number of anilines is 1. The van der Waals surface area contributed by atoms with Gasteiger partial charge >= 0.3 is 0 Å². The predicted octanol–water partition coefficient (Wildman–Crippen LogP) is 3.83. The Morgan fingerprint density at radius 1 is 1.14 bits per heavy atom. The van der Waals surface area contributed by atoms with Crippen LogP contribution < -0.4 is 11.1 Å². The van der Waals surface area contributed by atoms with Gasteiger partial charge in [0.2, 0.25) is 0 Å². The topological polar surface area (TPSA) is 113 Å². The van der Waals surface area contributed by atoms with E-state index in [9.17, 15) is 10.1 Å². The fourth-order valence-electron chi connectivity index (χ4n) is 5.14. The summed E-state index contributed by atoms with van der Waals surface area (Å²) >= 11 is 0. The van der Waals surface area contributed by atoms with Crippen molar-refractivity contribution in [1.82, 2.24) is 24.8 Å². The molecule has 4 aromatic rings. The molecule has 0 atom stereocenters. The molecule has 0 bridgehead atoms. The molecule has 36 heavy (non-hydrogen) atoms. The van der Waals surface area contributed by atoms with E-state index in [1.165, 1.54) is 11.3 Å². The minimum absolute atomic E-state index is 0.0551. The van der Waals surface area contributed by atoms with Gasteiger partial charge in [-0.2, -0.15) is 5.26 Å². The molecule has 0 spiro atoms. The number of aromatic nitrogens is 3. The van der Waals surface area contributed by atoms with Gasteiger partial charge in [-0.25, -0.2) is 9.97 Å². The summed E-state index contributed by atoms with van der Waals surface area (Å²) in [6.45, 7) is 2.84. The molecule has 4 heterocycles. The van der Waals surface area contributed by atoms with Gasteiger partial charge in [-0.05, 0) is 79.4 Å². The number of carbonyl (C=O) groups is 1. The third-order valence-corrected chi connectivity index (χ3v) is 7.19. The lowest BCUT2D eigenvalue weighted by Gasteiger charge is -2.32. The summed E-state index contributed by atoms with van der Waals surface area (Å²) in [6, 6.07) is 17.9. The Hall–Kier alpha value is -4.22. The van der Waals surface area contributed by atoms with Gasteiger partial charge in [-0.3, -0.25) is 9.69 Å². The summed E-state index contributed by atoms with van der Waals surface area (Å²) in [5, 5.41) is 13.3. The molecular weight excluding hydrogens is 450 g/mol. The van der Waals surface area contributed by atoms with Gasteiger partial charge in [0.15, 0.2) is 5.69 Å². The van der Waals surface area contributed by atoms with Crippen LogP contribution in [0.15, 0.2) is 54.7 Å². The van der Waals surface area contributed by atoms with E-state index in [4.69, 9.17) is 5.73 Å². The first-order valence-corrected chi connectivity index (χ1v) is 12.1. The van der Waals surface area contributed by atoms with E-state index in [0.29, 0.717) is 23.0 Å². The molecule has 8 heteroatoms. The zero-order valence-corrected chi connectivity index (χ0v) is 20.5. The van der Waals surface area contributed by atoms with E-state index < -0.39 is 0 Å². The Morgan fingerprint density at radius 2 is 1.89 bits per heavy atom. The van der Waals surface area contributed by atoms with Crippen LogP contribution in [0, 0.1) is 11.3 Å². The van der Waals surface area contributed by atoms with Crippen LogP contribution in [0.3, 0.4) is 0 Å². The number of rotatable bonds is 5. The van der Waals surface area contributed by atoms with E-state index in [-0.39, 0.29) is 5.91 Å². The molecule has 1 aliphatic rings. The van der Waals surface area contributed by atoms with Crippen molar-refractivity contribution in [2.45, 2.75) is 25.3 Å². The number of likely N-dealkylation sites (tertiary alicyclic amines) is 1. The monoisotopic (exact) mass is 479 g/mol. The van der Waals surface area contributed by atoms with E-state index in [1.54, 1.807) is 19.3 Å². The zero-order chi connectivity index (χ0) is 25.2. The molecule has 1 fully saturated rings. The van der Waals surface area contributed by atoms with Gasteiger partial charge in [-0.1, -0.05) is 12.1 Å². The quantitative estimate of drug-likeness (QED) is 0.450. The number of benzene rings is 1. The largest absolute Gasteiger partial charge is 0.384 e. The zero-order valence-electron chi connectivity index (χ0n) is 20.5. The van der Waals surface area contributed by atoms with Gasteiger partial charge in [-0.15, -0.1) is 0 Å². The molecular formula is C28H29N7O. The third kappa shape index (κ3) is 4.41. The van der Waals surface area contributed by atoms with E-state index in [2.05, 4.69) is 49.0 Å². The third-order valence-electron chi connectivity index (χ3n) is 7.19. The molecule has 5 rings (SSSR count). The highest BCUT2D eigenvalue weighted by Gasteiger charge is 2.23. The van der Waals surface area contributed by atoms with Crippen molar-refractivity contribution in [1.29, 1.82) is 5.26 Å². The first-order valence-electron chi connectivity index (χ1n) is 12.1. The van der Waals surface area contributed by atoms with E-state index in [1.807, 2.05) is 31.3 Å². The highest BCUT2D eigenvalue weighted by molar-refractivity contribution is 5.95. The minimum atomic E-state index is -0.0551. The number of nitriles is 1. The number of carbonyl (C=O) groups excluding carboxylic acids is 1. The van der Waals surface area contributed by atoms with Crippen molar-refractivity contribution < 1.29 is 4.79 Å². The second-order valence-electron chi connectivity index (χ2n) is 9.29. The van der Waals surface area contributed by atoms with Crippen LogP contribution in [0.25, 0.3) is 22.2 Å². The summed E-state index contributed by atoms with van der Waals surface area (Å²) in [5.41, 5.74) is 11.9. The molecule has 182 valence electrons. The van der Waals surface area contributed by atoms with Gasteiger partial charge < -0.3 is 15.6 Å². The molecule has 8 nitrogen and oxygen atoms in total. The maximum Gasteiger partial charge on any atom is 0.251 e. The van der Waals surface area contributed by atoms with Crippen LogP contribution in [0.2, 0.25) is 0 Å². The lowest BCUT2D eigenvalue weighted by atomic mass is 9.89. The number of fused-ring (bicyclic) bond motifs is 1. The fraction of sp³-hybridized carbons (Fsp3) is 0.286. The summed E-state index contributed by atoms with van der Waals surface area (Å²) in [5.74, 6) is 0.781. The molecule has 0 unspecified atom stereocenters. The second-order valence-corrected chi connectivity index (χ2v) is 9.29. The number of aryl methyl sites for hydroxylation is 1. The van der Waals surface area contributed by atoms with E-state index >= 15 is 0 Å². The van der Waals surface area contributed by atoms with E-state index in [0.717, 1.165) is 54.6 Å². The number of pyridine rings is 2. The lowest BCUT2D eigenvalue weighted by Crippen LogP contribution is -2.33. The van der Waals surface area contributed by atoms with Gasteiger partial charge in [0, 0.05) is 49.0 Å².